The molecular formula is C23H27N3O5S2. The van der Waals surface area contributed by atoms with Gasteiger partial charge in [-0.2, -0.15) is 4.31 Å². The lowest BCUT2D eigenvalue weighted by Crippen LogP contribution is -2.42. The number of thioether (sulfide) groups is 1. The minimum Gasteiger partial charge on any atom is -0.379 e. The lowest BCUT2D eigenvalue weighted by Gasteiger charge is -2.27. The summed E-state index contributed by atoms with van der Waals surface area (Å²) >= 11 is 1.49. The van der Waals surface area contributed by atoms with Gasteiger partial charge in [0.1, 0.15) is 6.54 Å². The van der Waals surface area contributed by atoms with Crippen molar-refractivity contribution in [2.75, 3.05) is 48.8 Å². The van der Waals surface area contributed by atoms with Gasteiger partial charge in [0, 0.05) is 35.3 Å². The van der Waals surface area contributed by atoms with Crippen molar-refractivity contribution in [2.24, 2.45) is 5.92 Å². The fraction of sp³-hybridized carbons (Fsp3) is 0.391. The molecule has 176 valence electrons. The van der Waals surface area contributed by atoms with Crippen LogP contribution in [0, 0.1) is 12.8 Å². The van der Waals surface area contributed by atoms with Crippen LogP contribution in [0.3, 0.4) is 0 Å². The van der Waals surface area contributed by atoms with Crippen molar-refractivity contribution >= 4 is 45.0 Å². The number of rotatable bonds is 5. The average molecular weight is 490 g/mol. The van der Waals surface area contributed by atoms with Gasteiger partial charge in [0.15, 0.2) is 0 Å². The highest BCUT2D eigenvalue weighted by molar-refractivity contribution is 7.99. The third kappa shape index (κ3) is 5.24. The maximum absolute atomic E-state index is 13.2. The second kappa shape index (κ2) is 9.84. The molecule has 2 aliphatic rings. The van der Waals surface area contributed by atoms with Crippen LogP contribution >= 0.6 is 11.8 Å². The van der Waals surface area contributed by atoms with Crippen LogP contribution in [0.4, 0.5) is 11.4 Å². The Morgan fingerprint density at radius 2 is 1.94 bits per heavy atom. The molecule has 2 aliphatic heterocycles. The summed E-state index contributed by atoms with van der Waals surface area (Å²) in [4.78, 5) is 28.3. The Balaban J connectivity index is 1.65. The van der Waals surface area contributed by atoms with E-state index < -0.39 is 10.0 Å². The monoisotopic (exact) mass is 489 g/mol. The quantitative estimate of drug-likeness (QED) is 0.694. The Morgan fingerprint density at radius 3 is 2.67 bits per heavy atom. The second-order valence-corrected chi connectivity index (χ2v) is 11.2. The number of ether oxygens (including phenoxy) is 1. The summed E-state index contributed by atoms with van der Waals surface area (Å²) < 4.78 is 33.0. The molecule has 2 amide bonds. The number of fused-ring (bicyclic) bond motifs is 1. The zero-order valence-electron chi connectivity index (χ0n) is 18.6. The molecule has 1 atom stereocenters. The Kier molecular flexibility index (Phi) is 7.08. The molecule has 2 aromatic rings. The zero-order chi connectivity index (χ0) is 23.6. The van der Waals surface area contributed by atoms with Crippen molar-refractivity contribution in [3.05, 3.63) is 48.0 Å². The first-order valence-corrected chi connectivity index (χ1v) is 13.2. The topological polar surface area (TPSA) is 96.0 Å². The number of amides is 2. The molecule has 0 bridgehead atoms. The van der Waals surface area contributed by atoms with Crippen LogP contribution in [0.5, 0.6) is 0 Å². The highest BCUT2D eigenvalue weighted by Gasteiger charge is 2.32. The summed E-state index contributed by atoms with van der Waals surface area (Å²) in [5.41, 5.74) is 2.10. The summed E-state index contributed by atoms with van der Waals surface area (Å²) in [6.45, 7) is 4.81. The van der Waals surface area contributed by atoms with E-state index in [1.54, 1.807) is 18.2 Å². The molecule has 0 radical (unpaired) electrons. The molecule has 0 saturated carbocycles. The normalized spacial score (nSPS) is 19.6. The number of hydrogen-bond acceptors (Lipinski definition) is 6. The van der Waals surface area contributed by atoms with Gasteiger partial charge in [0.05, 0.1) is 23.8 Å². The molecule has 2 heterocycles. The smallest absolute Gasteiger partial charge is 0.244 e. The molecule has 2 aromatic carbocycles. The Bertz CT molecular complexity index is 1160. The van der Waals surface area contributed by atoms with Gasteiger partial charge in [-0.3, -0.25) is 9.59 Å². The molecule has 1 fully saturated rings. The van der Waals surface area contributed by atoms with Crippen molar-refractivity contribution in [3.63, 3.8) is 0 Å². The van der Waals surface area contributed by atoms with Gasteiger partial charge in [0.25, 0.3) is 0 Å². The highest BCUT2D eigenvalue weighted by atomic mass is 32.2. The average Bonchev–Trinajstić information content (AvgIpc) is 2.91. The van der Waals surface area contributed by atoms with Crippen molar-refractivity contribution in [3.8, 4) is 0 Å². The standard InChI is InChI=1S/C23H27N3O5S2/c1-16-4-3-5-18(12-16)24-22(27)14-26-20-13-19(33(29,30)25-8-10-31-11-9-25)6-7-21(20)32-15-17(2)23(26)28/h3-7,12-13,17H,8-11,14-15H2,1-2H3,(H,24,27)/t17-/m0/s1. The number of sulfonamides is 1. The van der Waals surface area contributed by atoms with Crippen LogP contribution in [-0.4, -0.2) is 63.1 Å². The van der Waals surface area contributed by atoms with Crippen LogP contribution in [0.1, 0.15) is 12.5 Å². The van der Waals surface area contributed by atoms with E-state index in [4.69, 9.17) is 4.74 Å². The van der Waals surface area contributed by atoms with Crippen LogP contribution in [0.25, 0.3) is 0 Å². The van der Waals surface area contributed by atoms with Crippen molar-refractivity contribution in [2.45, 2.75) is 23.6 Å². The van der Waals surface area contributed by atoms with E-state index in [1.807, 2.05) is 32.0 Å². The fourth-order valence-corrected chi connectivity index (χ4v) is 6.31. The van der Waals surface area contributed by atoms with Gasteiger partial charge in [-0.1, -0.05) is 19.1 Å². The largest absolute Gasteiger partial charge is 0.379 e. The summed E-state index contributed by atoms with van der Waals surface area (Å²) in [5.74, 6) is -0.312. The number of anilines is 2. The number of morpholine rings is 1. The molecule has 8 nitrogen and oxygen atoms in total. The third-order valence-electron chi connectivity index (χ3n) is 5.61. The van der Waals surface area contributed by atoms with E-state index >= 15 is 0 Å². The van der Waals surface area contributed by atoms with Crippen LogP contribution in [-0.2, 0) is 24.3 Å². The van der Waals surface area contributed by atoms with E-state index in [2.05, 4.69) is 5.32 Å². The van der Waals surface area contributed by atoms with Crippen LogP contribution in [0.2, 0.25) is 0 Å². The van der Waals surface area contributed by atoms with Crippen LogP contribution in [0.15, 0.2) is 52.3 Å². The molecule has 4 rings (SSSR count). The van der Waals surface area contributed by atoms with Crippen molar-refractivity contribution in [1.29, 1.82) is 0 Å². The SMILES string of the molecule is Cc1cccc(NC(=O)CN2C(=O)[C@@H](C)CSc3ccc(S(=O)(=O)N4CCOCC4)cc32)c1. The van der Waals surface area contributed by atoms with E-state index in [-0.39, 0.29) is 42.3 Å². The van der Waals surface area contributed by atoms with Gasteiger partial charge in [-0.15, -0.1) is 11.8 Å². The van der Waals surface area contributed by atoms with Crippen molar-refractivity contribution < 1.29 is 22.7 Å². The number of benzene rings is 2. The predicted octanol–water partition coefficient (Wildman–Crippen LogP) is 2.73. The Morgan fingerprint density at radius 1 is 1.18 bits per heavy atom. The molecule has 0 spiro atoms. The molecular weight excluding hydrogens is 462 g/mol. The highest BCUT2D eigenvalue weighted by Crippen LogP contribution is 2.38. The number of nitrogens with zero attached hydrogens (tertiary/aromatic N) is 2. The first-order chi connectivity index (χ1) is 15.8. The Labute approximate surface area is 198 Å². The predicted molar refractivity (Wildman–Crippen MR) is 128 cm³/mol. The van der Waals surface area contributed by atoms with Gasteiger partial charge in [0.2, 0.25) is 21.8 Å². The molecule has 0 unspecified atom stereocenters. The maximum atomic E-state index is 13.2. The molecule has 10 heteroatoms. The number of carbonyl (C=O) groups excluding carboxylic acids is 2. The number of carbonyl (C=O) groups is 2. The molecule has 0 aromatic heterocycles. The van der Waals surface area contributed by atoms with Gasteiger partial charge < -0.3 is 15.0 Å². The minimum atomic E-state index is -3.74. The molecule has 1 saturated heterocycles. The lowest BCUT2D eigenvalue weighted by molar-refractivity contribution is -0.123. The summed E-state index contributed by atoms with van der Waals surface area (Å²) in [6, 6.07) is 12.2. The van der Waals surface area contributed by atoms with Gasteiger partial charge >= 0.3 is 0 Å². The van der Waals surface area contributed by atoms with Crippen molar-refractivity contribution in [1.82, 2.24) is 4.31 Å². The third-order valence-corrected chi connectivity index (χ3v) is 8.83. The van der Waals surface area contributed by atoms with Crippen LogP contribution < -0.4 is 10.2 Å². The van der Waals surface area contributed by atoms with Gasteiger partial charge in [-0.05, 0) is 42.8 Å². The van der Waals surface area contributed by atoms with Gasteiger partial charge in [-0.25, -0.2) is 8.42 Å². The number of nitrogens with one attached hydrogen (secondary N) is 1. The molecule has 33 heavy (non-hydrogen) atoms. The number of aryl methyl sites for hydroxylation is 1. The van der Waals surface area contributed by atoms with E-state index in [0.717, 1.165) is 10.5 Å². The summed E-state index contributed by atoms with van der Waals surface area (Å²) in [7, 11) is -3.74. The lowest BCUT2D eigenvalue weighted by atomic mass is 10.1. The first kappa shape index (κ1) is 23.7. The van der Waals surface area contributed by atoms with E-state index in [1.165, 1.54) is 27.0 Å². The maximum Gasteiger partial charge on any atom is 0.244 e. The first-order valence-electron chi connectivity index (χ1n) is 10.8. The van der Waals surface area contributed by atoms with E-state index in [9.17, 15) is 18.0 Å². The number of hydrogen-bond donors (Lipinski definition) is 1. The molecule has 1 N–H and O–H groups in total. The minimum absolute atomic E-state index is 0.107. The summed E-state index contributed by atoms with van der Waals surface area (Å²) in [5, 5.41) is 2.83. The zero-order valence-corrected chi connectivity index (χ0v) is 20.2. The fourth-order valence-electron chi connectivity index (χ4n) is 3.83. The van der Waals surface area contributed by atoms with E-state index in [0.29, 0.717) is 30.3 Å². The second-order valence-electron chi connectivity index (χ2n) is 8.20. The molecule has 0 aliphatic carbocycles. The summed E-state index contributed by atoms with van der Waals surface area (Å²) in [6.07, 6.45) is 0. The Hall–Kier alpha value is -2.40.